The molecule has 19 aromatic rings. The molecule has 0 bridgehead atoms. The van der Waals surface area contributed by atoms with Gasteiger partial charge in [-0.15, -0.1) is 34.0 Å². The van der Waals surface area contributed by atoms with Gasteiger partial charge in [0, 0.05) is 122 Å². The number of para-hydroxylation sites is 4. The fraction of sp³-hybridized carbons (Fsp3) is 0. The Hall–Kier alpha value is -10.4. The third kappa shape index (κ3) is 7.08. The van der Waals surface area contributed by atoms with Gasteiger partial charge in [-0.3, -0.25) is 9.13 Å². The molecule has 19 rings (SSSR count). The molecular formula is C74H43N7S3. The predicted molar refractivity (Wildman–Crippen MR) is 357 cm³/mol. The first kappa shape index (κ1) is 47.3. The fourth-order valence-electron chi connectivity index (χ4n) is 13.1. The molecule has 392 valence electrons. The van der Waals surface area contributed by atoms with E-state index >= 15 is 0 Å². The van der Waals surface area contributed by atoms with Crippen molar-refractivity contribution in [1.82, 2.24) is 33.6 Å². The van der Waals surface area contributed by atoms with E-state index in [0.717, 1.165) is 50.3 Å². The zero-order chi connectivity index (χ0) is 55.0. The Morgan fingerprint density at radius 1 is 0.274 bits per heavy atom. The Balaban J connectivity index is 0.000000129. The van der Waals surface area contributed by atoms with E-state index in [4.69, 9.17) is 19.9 Å². The van der Waals surface area contributed by atoms with Crippen molar-refractivity contribution in [2.24, 2.45) is 0 Å². The molecule has 84 heavy (non-hydrogen) atoms. The van der Waals surface area contributed by atoms with Crippen LogP contribution in [0.2, 0.25) is 0 Å². The average molecular weight is 1130 g/mol. The van der Waals surface area contributed by atoms with Crippen molar-refractivity contribution in [3.05, 3.63) is 261 Å². The van der Waals surface area contributed by atoms with Gasteiger partial charge in [-0.05, 0) is 84.9 Å². The minimum absolute atomic E-state index is 0.672. The Bertz CT molecular complexity index is 5900. The van der Waals surface area contributed by atoms with Gasteiger partial charge < -0.3 is 4.57 Å². The molecule has 0 atom stereocenters. The van der Waals surface area contributed by atoms with Gasteiger partial charge in [0.2, 0.25) is 11.9 Å². The zero-order valence-electron chi connectivity index (χ0n) is 44.7. The van der Waals surface area contributed by atoms with E-state index in [2.05, 4.69) is 250 Å². The minimum Gasteiger partial charge on any atom is -0.309 e. The highest BCUT2D eigenvalue weighted by molar-refractivity contribution is 7.27. The molecule has 0 aliphatic carbocycles. The van der Waals surface area contributed by atoms with Crippen molar-refractivity contribution < 1.29 is 0 Å². The minimum atomic E-state index is 0.672. The van der Waals surface area contributed by atoms with Gasteiger partial charge >= 0.3 is 0 Å². The lowest BCUT2D eigenvalue weighted by Gasteiger charge is -2.09. The molecule has 0 amide bonds. The van der Waals surface area contributed by atoms with Crippen LogP contribution >= 0.6 is 34.0 Å². The van der Waals surface area contributed by atoms with Crippen LogP contribution in [0.5, 0.6) is 0 Å². The van der Waals surface area contributed by atoms with Crippen molar-refractivity contribution in [3.8, 4) is 40.1 Å². The second-order valence-corrected chi connectivity index (χ2v) is 24.4. The van der Waals surface area contributed by atoms with Crippen LogP contribution in [0.1, 0.15) is 0 Å². The highest BCUT2D eigenvalue weighted by atomic mass is 32.1. The summed E-state index contributed by atoms with van der Waals surface area (Å²) < 4.78 is 14.6. The third-order valence-corrected chi connectivity index (χ3v) is 20.3. The third-order valence-electron chi connectivity index (χ3n) is 16.7. The topological polar surface area (TPSA) is 66.3 Å². The van der Waals surface area contributed by atoms with E-state index in [1.54, 1.807) is 0 Å². The number of hydrogen-bond donors (Lipinski definition) is 0. The maximum atomic E-state index is 5.21. The summed E-state index contributed by atoms with van der Waals surface area (Å²) in [5, 5.41) is 15.2. The molecule has 10 heteroatoms. The van der Waals surface area contributed by atoms with Crippen molar-refractivity contribution >= 4 is 160 Å². The van der Waals surface area contributed by atoms with E-state index in [9.17, 15) is 0 Å². The Morgan fingerprint density at radius 2 is 0.702 bits per heavy atom. The molecule has 0 aliphatic heterocycles. The summed E-state index contributed by atoms with van der Waals surface area (Å²) in [6.45, 7) is 0. The van der Waals surface area contributed by atoms with Crippen LogP contribution in [-0.4, -0.2) is 33.6 Å². The number of hydrogen-bond acceptors (Lipinski definition) is 7. The van der Waals surface area contributed by atoms with Gasteiger partial charge in [0.15, 0.2) is 0 Å². The SMILES string of the molecule is c1ccc(-n2c3ccccc3c3cc(-c4ccnc(-n5c6ccccc6c6c7sc8ccccc8c7ccc65)n4)ccc32)cc1.c1ccc2c(c1)sc1c(-c3ccnc(-n4c5ccccc5c5c6sc7ccccc7c6ccc54)n3)cccc12. The smallest absolute Gasteiger partial charge is 0.235 e. The molecule has 0 unspecified atom stereocenters. The summed E-state index contributed by atoms with van der Waals surface area (Å²) in [4.78, 5) is 20.0. The van der Waals surface area contributed by atoms with Gasteiger partial charge in [0.05, 0.1) is 44.5 Å². The quantitative estimate of drug-likeness (QED) is 0.172. The number of benzene rings is 11. The Morgan fingerprint density at radius 3 is 1.29 bits per heavy atom. The largest absolute Gasteiger partial charge is 0.309 e. The van der Waals surface area contributed by atoms with Crippen LogP contribution in [0, 0.1) is 0 Å². The number of fused-ring (bicyclic) bond motifs is 20. The Labute approximate surface area is 491 Å². The predicted octanol–water partition coefficient (Wildman–Crippen LogP) is 20.7. The lowest BCUT2D eigenvalue weighted by molar-refractivity contribution is 0.992. The van der Waals surface area contributed by atoms with Gasteiger partial charge in [-0.1, -0.05) is 164 Å². The van der Waals surface area contributed by atoms with Gasteiger partial charge in [-0.25, -0.2) is 19.9 Å². The van der Waals surface area contributed by atoms with Crippen LogP contribution in [-0.2, 0) is 0 Å². The molecule has 8 aromatic heterocycles. The molecule has 0 aliphatic rings. The van der Waals surface area contributed by atoms with Gasteiger partial charge in [0.1, 0.15) is 0 Å². The number of nitrogens with zero attached hydrogens (tertiary/aromatic N) is 7. The first-order valence-corrected chi connectivity index (χ1v) is 30.5. The van der Waals surface area contributed by atoms with Crippen LogP contribution in [0.3, 0.4) is 0 Å². The van der Waals surface area contributed by atoms with E-state index in [-0.39, 0.29) is 0 Å². The van der Waals surface area contributed by atoms with Gasteiger partial charge in [-0.2, -0.15) is 0 Å². The monoisotopic (exact) mass is 1130 g/mol. The molecule has 8 heterocycles. The van der Waals surface area contributed by atoms with E-state index in [1.165, 1.54) is 104 Å². The maximum absolute atomic E-state index is 5.21. The van der Waals surface area contributed by atoms with Crippen molar-refractivity contribution in [2.45, 2.75) is 0 Å². The summed E-state index contributed by atoms with van der Waals surface area (Å²) in [7, 11) is 0. The van der Waals surface area contributed by atoms with Crippen molar-refractivity contribution in [1.29, 1.82) is 0 Å². The first-order valence-electron chi connectivity index (χ1n) is 28.0. The molecule has 7 nitrogen and oxygen atoms in total. The second-order valence-electron chi connectivity index (χ2n) is 21.3. The summed E-state index contributed by atoms with van der Waals surface area (Å²) >= 11 is 5.55. The normalized spacial score (nSPS) is 12.0. The summed E-state index contributed by atoms with van der Waals surface area (Å²) in [6.07, 6.45) is 3.77. The highest BCUT2D eigenvalue weighted by Gasteiger charge is 2.22. The maximum Gasteiger partial charge on any atom is 0.235 e. The Kier molecular flexibility index (Phi) is 10.5. The van der Waals surface area contributed by atoms with Crippen LogP contribution in [0.15, 0.2) is 261 Å². The average Bonchev–Trinajstić information content (AvgIpc) is 2.17. The summed E-state index contributed by atoms with van der Waals surface area (Å²) in [5.41, 5.74) is 12.0. The molecule has 0 N–H and O–H groups in total. The lowest BCUT2D eigenvalue weighted by atomic mass is 10.1. The number of thiophene rings is 3. The molecule has 0 radical (unpaired) electrons. The zero-order valence-corrected chi connectivity index (χ0v) is 47.1. The molecular weight excluding hydrogens is 1080 g/mol. The van der Waals surface area contributed by atoms with Crippen molar-refractivity contribution in [2.75, 3.05) is 0 Å². The highest BCUT2D eigenvalue weighted by Crippen LogP contribution is 2.46. The first-order chi connectivity index (χ1) is 41.7. The fourth-order valence-corrected chi connectivity index (χ4v) is 16.8. The molecule has 0 spiro atoms. The van der Waals surface area contributed by atoms with E-state index in [0.29, 0.717) is 11.9 Å². The molecule has 0 fully saturated rings. The number of rotatable bonds is 5. The van der Waals surface area contributed by atoms with Gasteiger partial charge in [0.25, 0.3) is 0 Å². The lowest BCUT2D eigenvalue weighted by Crippen LogP contribution is -2.01. The second kappa shape index (κ2) is 18.6. The molecule has 0 saturated carbocycles. The summed E-state index contributed by atoms with van der Waals surface area (Å²) in [6, 6.07) is 88.6. The van der Waals surface area contributed by atoms with Crippen LogP contribution in [0.25, 0.3) is 166 Å². The molecule has 0 saturated heterocycles. The summed E-state index contributed by atoms with van der Waals surface area (Å²) in [5.74, 6) is 1.36. The standard InChI is InChI=1S/C40H24N4S.C34H19N3S2/c1-2-10-26(11-3-1)43-33-15-7-4-12-27(33)31-24-25(18-20-35(31)43)32-22-23-41-40(42-32)44-34-16-8-5-14-30(34)38-36(44)21-19-29-28-13-6-9-17-37(28)45-39(29)38;1-4-13-27-25(10-1)31-28(17-16-23-21-9-3-6-15-30(21)39-33(23)31)37(27)34-35-19-18-26(36-34)24-12-7-11-22-20-8-2-5-14-29(20)38-32(22)24/h1-24H;1-19H. The van der Waals surface area contributed by atoms with Crippen LogP contribution < -0.4 is 0 Å². The van der Waals surface area contributed by atoms with E-state index in [1.807, 2.05) is 58.5 Å². The van der Waals surface area contributed by atoms with Crippen molar-refractivity contribution in [3.63, 3.8) is 0 Å². The number of aromatic nitrogens is 7. The molecule has 11 aromatic carbocycles. The van der Waals surface area contributed by atoms with E-state index < -0.39 is 0 Å². The van der Waals surface area contributed by atoms with Crippen LogP contribution in [0.4, 0.5) is 0 Å².